The maximum atomic E-state index is 13.2. The molecule has 0 radical (unpaired) electrons. The van der Waals surface area contributed by atoms with Crippen molar-refractivity contribution < 1.29 is 58.2 Å². The summed E-state index contributed by atoms with van der Waals surface area (Å²) in [5.74, 6) is -3.11. The second-order valence-corrected chi connectivity index (χ2v) is 22.0. The highest BCUT2D eigenvalue weighted by atomic mass is 16.7. The van der Waals surface area contributed by atoms with Crippen LogP contribution in [-0.4, -0.2) is 89.2 Å². The molecule has 0 aromatic heterocycles. The molecule has 6 atom stereocenters. The highest BCUT2D eigenvalue weighted by Crippen LogP contribution is 2.27. The van der Waals surface area contributed by atoms with Gasteiger partial charge in [0.1, 0.15) is 18.8 Å². The van der Waals surface area contributed by atoms with Gasteiger partial charge < -0.3 is 39.0 Å². The summed E-state index contributed by atoms with van der Waals surface area (Å²) < 4.78 is 28.5. The molecule has 0 saturated carbocycles. The van der Waals surface area contributed by atoms with Crippen LogP contribution in [0.1, 0.15) is 303 Å². The van der Waals surface area contributed by atoms with Gasteiger partial charge in [0.2, 0.25) is 0 Å². The molecule has 1 aliphatic rings. The van der Waals surface area contributed by atoms with E-state index >= 15 is 0 Å². The summed E-state index contributed by atoms with van der Waals surface area (Å²) in [6, 6.07) is 0. The molecule has 0 bridgehead atoms. The molecule has 448 valence electrons. The van der Waals surface area contributed by atoms with E-state index in [2.05, 4.69) is 57.2 Å². The highest BCUT2D eigenvalue weighted by molar-refractivity contribution is 5.74. The van der Waals surface area contributed by atoms with Crippen molar-refractivity contribution in [3.05, 3.63) is 36.5 Å². The molecule has 0 aromatic carbocycles. The summed E-state index contributed by atoms with van der Waals surface area (Å²) in [6.07, 6.45) is 51.0. The average Bonchev–Trinajstić information content (AvgIpc) is 3.42. The minimum Gasteiger partial charge on any atom is -0.479 e. The van der Waals surface area contributed by atoms with Crippen LogP contribution >= 0.6 is 0 Å². The van der Waals surface area contributed by atoms with Crippen LogP contribution in [0.5, 0.6) is 0 Å². The molecular formula is C65H116O12. The summed E-state index contributed by atoms with van der Waals surface area (Å²) in [4.78, 5) is 51.2. The van der Waals surface area contributed by atoms with E-state index in [4.69, 9.17) is 23.7 Å². The first kappa shape index (κ1) is 72.0. The molecule has 77 heavy (non-hydrogen) atoms. The Bertz CT molecular complexity index is 1480. The number of aliphatic hydroxyl groups excluding tert-OH is 2. The lowest BCUT2D eigenvalue weighted by atomic mass is 9.98. The number of rotatable bonds is 55. The van der Waals surface area contributed by atoms with Crippen molar-refractivity contribution in [2.24, 2.45) is 0 Å². The van der Waals surface area contributed by atoms with Crippen LogP contribution < -0.4 is 0 Å². The molecule has 1 aliphatic heterocycles. The number of carboxylic acid groups (broad SMARTS) is 1. The Hall–Kier alpha value is -3.06. The third kappa shape index (κ3) is 43.4. The third-order valence-electron chi connectivity index (χ3n) is 14.7. The largest absolute Gasteiger partial charge is 0.479 e. The molecule has 0 amide bonds. The number of unbranched alkanes of at least 4 members (excludes halogenated alkanes) is 35. The monoisotopic (exact) mass is 1090 g/mol. The number of hydrogen-bond acceptors (Lipinski definition) is 11. The Labute approximate surface area is 470 Å². The lowest BCUT2D eigenvalue weighted by molar-refractivity contribution is -0.301. The van der Waals surface area contributed by atoms with Gasteiger partial charge in [-0.25, -0.2) is 4.79 Å². The Morgan fingerprint density at radius 3 is 1.21 bits per heavy atom. The second-order valence-electron chi connectivity index (χ2n) is 22.0. The maximum absolute atomic E-state index is 13.2. The Balaban J connectivity index is 2.67. The molecule has 6 unspecified atom stereocenters. The normalized spacial score (nSPS) is 18.2. The van der Waals surface area contributed by atoms with E-state index < -0.39 is 67.3 Å². The number of hydrogen-bond donors (Lipinski definition) is 3. The van der Waals surface area contributed by atoms with Gasteiger partial charge in [-0.15, -0.1) is 0 Å². The van der Waals surface area contributed by atoms with Gasteiger partial charge in [-0.3, -0.25) is 14.4 Å². The fourth-order valence-electron chi connectivity index (χ4n) is 9.75. The molecule has 3 N–H and O–H groups in total. The van der Waals surface area contributed by atoms with Crippen LogP contribution in [0.2, 0.25) is 0 Å². The van der Waals surface area contributed by atoms with Crippen molar-refractivity contribution >= 4 is 23.9 Å². The van der Waals surface area contributed by atoms with Gasteiger partial charge in [-0.1, -0.05) is 243 Å². The van der Waals surface area contributed by atoms with Crippen molar-refractivity contribution in [2.75, 3.05) is 13.2 Å². The Kier molecular flexibility index (Phi) is 50.1. The fraction of sp³-hybridized carbons (Fsp3) is 0.846. The Morgan fingerprint density at radius 1 is 0.429 bits per heavy atom. The van der Waals surface area contributed by atoms with Crippen LogP contribution in [0.4, 0.5) is 0 Å². The first-order chi connectivity index (χ1) is 37.6. The Morgan fingerprint density at radius 2 is 0.779 bits per heavy atom. The zero-order valence-corrected chi connectivity index (χ0v) is 49.5. The number of ether oxygens (including phenoxy) is 5. The van der Waals surface area contributed by atoms with Crippen LogP contribution in [0.15, 0.2) is 36.5 Å². The quantitative estimate of drug-likeness (QED) is 0.0228. The number of carboxylic acids is 1. The molecule has 1 rings (SSSR count). The molecule has 1 saturated heterocycles. The van der Waals surface area contributed by atoms with Gasteiger partial charge in [0.15, 0.2) is 24.6 Å². The van der Waals surface area contributed by atoms with Gasteiger partial charge in [0.25, 0.3) is 0 Å². The van der Waals surface area contributed by atoms with Crippen molar-refractivity contribution in [3.63, 3.8) is 0 Å². The fourth-order valence-corrected chi connectivity index (χ4v) is 9.75. The number of carbonyl (C=O) groups excluding carboxylic acids is 3. The van der Waals surface area contributed by atoms with E-state index in [0.717, 1.165) is 96.3 Å². The van der Waals surface area contributed by atoms with Gasteiger partial charge in [0.05, 0.1) is 6.61 Å². The van der Waals surface area contributed by atoms with E-state index in [1.54, 1.807) is 0 Å². The van der Waals surface area contributed by atoms with Gasteiger partial charge in [-0.05, 0) is 77.0 Å². The molecular weight excluding hydrogens is 973 g/mol. The average molecular weight is 1090 g/mol. The van der Waals surface area contributed by atoms with Crippen molar-refractivity contribution in [2.45, 2.75) is 340 Å². The summed E-state index contributed by atoms with van der Waals surface area (Å²) in [5.41, 5.74) is 0. The summed E-state index contributed by atoms with van der Waals surface area (Å²) in [5, 5.41) is 31.5. The molecule has 1 fully saturated rings. The smallest absolute Gasteiger partial charge is 0.335 e. The lowest BCUT2D eigenvalue weighted by Crippen LogP contribution is -2.61. The van der Waals surface area contributed by atoms with E-state index in [1.165, 1.54) is 148 Å². The predicted molar refractivity (Wildman–Crippen MR) is 313 cm³/mol. The van der Waals surface area contributed by atoms with E-state index in [0.29, 0.717) is 19.3 Å². The SMILES string of the molecule is CCCCC/C=C\C/C=C\CCCCCCCCCC(=O)OCC(COC1OC(C(=O)O)C(O)C(O)C1OC(=O)CCCCCCC/C=C\CCCCCCCC)OC(=O)CCCCCCCCCCCCCCCCC. The third-order valence-corrected chi connectivity index (χ3v) is 14.7. The van der Waals surface area contributed by atoms with Crippen molar-refractivity contribution in [1.29, 1.82) is 0 Å². The number of aliphatic carboxylic acids is 1. The number of aliphatic hydroxyl groups is 2. The van der Waals surface area contributed by atoms with E-state index in [1.807, 2.05) is 0 Å². The number of esters is 3. The number of carbonyl (C=O) groups is 4. The topological polar surface area (TPSA) is 175 Å². The zero-order valence-electron chi connectivity index (χ0n) is 49.5. The maximum Gasteiger partial charge on any atom is 0.335 e. The molecule has 12 nitrogen and oxygen atoms in total. The summed E-state index contributed by atoms with van der Waals surface area (Å²) in [7, 11) is 0. The summed E-state index contributed by atoms with van der Waals surface area (Å²) >= 11 is 0. The van der Waals surface area contributed by atoms with E-state index in [9.17, 15) is 34.5 Å². The van der Waals surface area contributed by atoms with E-state index in [-0.39, 0.29) is 25.9 Å². The zero-order chi connectivity index (χ0) is 56.1. The summed E-state index contributed by atoms with van der Waals surface area (Å²) in [6.45, 7) is 5.99. The number of allylic oxidation sites excluding steroid dienone is 6. The van der Waals surface area contributed by atoms with Gasteiger partial charge in [0, 0.05) is 19.3 Å². The molecule has 0 aromatic rings. The minimum absolute atomic E-state index is 0.0532. The molecule has 0 aliphatic carbocycles. The predicted octanol–water partition coefficient (Wildman–Crippen LogP) is 16.8. The van der Waals surface area contributed by atoms with Gasteiger partial charge in [-0.2, -0.15) is 0 Å². The first-order valence-corrected chi connectivity index (χ1v) is 32.0. The molecule has 1 heterocycles. The first-order valence-electron chi connectivity index (χ1n) is 32.0. The second kappa shape index (κ2) is 53.6. The highest BCUT2D eigenvalue weighted by Gasteiger charge is 2.50. The van der Waals surface area contributed by atoms with Crippen LogP contribution in [0.25, 0.3) is 0 Å². The van der Waals surface area contributed by atoms with Crippen LogP contribution in [-0.2, 0) is 42.9 Å². The molecule has 0 spiro atoms. The van der Waals surface area contributed by atoms with Crippen molar-refractivity contribution in [1.82, 2.24) is 0 Å². The van der Waals surface area contributed by atoms with Crippen molar-refractivity contribution in [3.8, 4) is 0 Å². The standard InChI is InChI=1S/C65H116O12/c1-4-7-10-13-16-19-22-25-28-29-32-33-36-39-42-45-48-51-57(66)73-54-56(75-58(67)52-49-46-43-40-37-34-30-26-23-20-17-14-11-8-5-2)55-74-65-63(61(70)60(69)62(77-65)64(71)72)76-59(68)53-50-47-44-41-38-35-31-27-24-21-18-15-12-9-6-3/h16,19,25,27-28,31,56,60-63,65,69-70H,4-15,17-18,20-24,26,29-30,32-55H2,1-3H3,(H,71,72)/b19-16-,28-25-,31-27-. The van der Waals surface area contributed by atoms with Crippen LogP contribution in [0.3, 0.4) is 0 Å². The van der Waals surface area contributed by atoms with Crippen LogP contribution in [0, 0.1) is 0 Å². The minimum atomic E-state index is -1.90. The lowest BCUT2D eigenvalue weighted by Gasteiger charge is -2.40. The van der Waals surface area contributed by atoms with Gasteiger partial charge >= 0.3 is 23.9 Å². The molecule has 12 heteroatoms.